The number of hydrogen-bond acceptors (Lipinski definition) is 0. The van der Waals surface area contributed by atoms with Crippen LogP contribution in [0.1, 0.15) is 18.2 Å². The fourth-order valence-corrected chi connectivity index (χ4v) is 1.25. The minimum absolute atomic E-state index is 1.07. The second kappa shape index (κ2) is 3.58. The third-order valence-corrected chi connectivity index (χ3v) is 2.35. The summed E-state index contributed by atoms with van der Waals surface area (Å²) < 4.78 is 1.07. The average Bonchev–Trinajstić information content (AvgIpc) is 2.50. The van der Waals surface area contributed by atoms with Gasteiger partial charge in [-0.05, 0) is 34.5 Å². The molecule has 0 aromatic carbocycles. The van der Waals surface area contributed by atoms with Crippen molar-refractivity contribution in [2.75, 3.05) is 0 Å². The van der Waals surface area contributed by atoms with E-state index in [1.807, 2.05) is 31.3 Å². The Morgan fingerprint density at radius 2 is 2.45 bits per heavy atom. The highest BCUT2D eigenvalue weighted by molar-refractivity contribution is 9.15. The van der Waals surface area contributed by atoms with Gasteiger partial charge in [0.25, 0.3) is 0 Å². The molecule has 1 N–H and O–H groups in total. The lowest BCUT2D eigenvalue weighted by molar-refractivity contribution is 1.36. The third kappa shape index (κ3) is 1.63. The highest BCUT2D eigenvalue weighted by Gasteiger charge is 2.01. The molecule has 1 heterocycles. The quantitative estimate of drug-likeness (QED) is 0.773. The Kier molecular flexibility index (Phi) is 2.71. The van der Waals surface area contributed by atoms with E-state index in [0.717, 1.165) is 15.7 Å². The van der Waals surface area contributed by atoms with Crippen molar-refractivity contribution in [2.45, 2.75) is 6.92 Å². The van der Waals surface area contributed by atoms with E-state index in [1.54, 1.807) is 0 Å². The van der Waals surface area contributed by atoms with Gasteiger partial charge in [-0.25, -0.2) is 0 Å². The first-order valence-electron chi connectivity index (χ1n) is 3.41. The molecule has 1 aromatic heterocycles. The molecule has 0 unspecified atom stereocenters. The number of H-pyrrole nitrogens is 1. The summed E-state index contributed by atoms with van der Waals surface area (Å²) in [6, 6.07) is 1.99. The number of halogens is 1. The van der Waals surface area contributed by atoms with Crippen LogP contribution in [0.3, 0.4) is 0 Å². The van der Waals surface area contributed by atoms with Crippen LogP contribution < -0.4 is 0 Å². The van der Waals surface area contributed by atoms with Gasteiger partial charge in [0.05, 0.1) is 5.69 Å². The summed E-state index contributed by atoms with van der Waals surface area (Å²) in [6.45, 7) is 5.70. The summed E-state index contributed by atoms with van der Waals surface area (Å²) in [7, 11) is 0. The van der Waals surface area contributed by atoms with Crippen LogP contribution in [0.4, 0.5) is 0 Å². The molecule has 0 saturated heterocycles. The number of hydrogen-bond donors (Lipinski definition) is 1. The molecule has 2 heteroatoms. The topological polar surface area (TPSA) is 15.8 Å². The maximum atomic E-state index is 3.71. The fraction of sp³-hybridized carbons (Fsp3) is 0.111. The summed E-state index contributed by atoms with van der Waals surface area (Å²) in [6.07, 6.45) is 5.73. The minimum atomic E-state index is 1.07. The Hall–Kier alpha value is -0.760. The molecule has 0 atom stereocenters. The summed E-state index contributed by atoms with van der Waals surface area (Å²) in [4.78, 5) is 3.12. The van der Waals surface area contributed by atoms with E-state index >= 15 is 0 Å². The SMILES string of the molecule is C=Cc1cc[nH]c1C(Br)=CC. The highest BCUT2D eigenvalue weighted by Crippen LogP contribution is 2.23. The van der Waals surface area contributed by atoms with Crippen molar-refractivity contribution >= 4 is 26.5 Å². The first kappa shape index (κ1) is 8.34. The lowest BCUT2D eigenvalue weighted by Crippen LogP contribution is -1.78. The van der Waals surface area contributed by atoms with Gasteiger partial charge in [-0.3, -0.25) is 0 Å². The van der Waals surface area contributed by atoms with E-state index in [0.29, 0.717) is 0 Å². The van der Waals surface area contributed by atoms with Crippen molar-refractivity contribution in [2.24, 2.45) is 0 Å². The molecule has 0 fully saturated rings. The van der Waals surface area contributed by atoms with Gasteiger partial charge in [0, 0.05) is 10.7 Å². The molecule has 0 bridgehead atoms. The molecular weight excluding hydrogens is 202 g/mol. The summed E-state index contributed by atoms with van der Waals surface area (Å²) in [5, 5.41) is 0. The lowest BCUT2D eigenvalue weighted by Gasteiger charge is -1.95. The highest BCUT2D eigenvalue weighted by atomic mass is 79.9. The minimum Gasteiger partial charge on any atom is -0.360 e. The van der Waals surface area contributed by atoms with Crippen LogP contribution in [0.15, 0.2) is 24.9 Å². The monoisotopic (exact) mass is 211 g/mol. The molecule has 0 spiro atoms. The molecule has 0 amide bonds. The zero-order valence-electron chi connectivity index (χ0n) is 6.39. The molecule has 1 rings (SSSR count). The van der Waals surface area contributed by atoms with Crippen LogP contribution >= 0.6 is 15.9 Å². The maximum Gasteiger partial charge on any atom is 0.0594 e. The predicted octanol–water partition coefficient (Wildman–Crippen LogP) is 3.41. The van der Waals surface area contributed by atoms with Crippen molar-refractivity contribution in [1.82, 2.24) is 4.98 Å². The fourth-order valence-electron chi connectivity index (χ4n) is 0.903. The molecule has 0 radical (unpaired) electrons. The first-order chi connectivity index (χ1) is 5.29. The van der Waals surface area contributed by atoms with E-state index < -0.39 is 0 Å². The van der Waals surface area contributed by atoms with Crippen LogP contribution in [0.25, 0.3) is 10.6 Å². The largest absolute Gasteiger partial charge is 0.360 e. The number of nitrogens with one attached hydrogen (secondary N) is 1. The third-order valence-electron chi connectivity index (χ3n) is 1.49. The molecule has 0 aliphatic heterocycles. The summed E-state index contributed by atoms with van der Waals surface area (Å²) >= 11 is 3.44. The van der Waals surface area contributed by atoms with E-state index in [2.05, 4.69) is 27.5 Å². The second-order valence-electron chi connectivity index (χ2n) is 2.15. The van der Waals surface area contributed by atoms with E-state index in [-0.39, 0.29) is 0 Å². The number of aromatic nitrogens is 1. The van der Waals surface area contributed by atoms with Gasteiger partial charge in [0.2, 0.25) is 0 Å². The summed E-state index contributed by atoms with van der Waals surface area (Å²) in [5.41, 5.74) is 2.21. The van der Waals surface area contributed by atoms with Crippen LogP contribution in [0.2, 0.25) is 0 Å². The van der Waals surface area contributed by atoms with Crippen molar-refractivity contribution in [1.29, 1.82) is 0 Å². The van der Waals surface area contributed by atoms with Gasteiger partial charge in [-0.2, -0.15) is 0 Å². The number of rotatable bonds is 2. The van der Waals surface area contributed by atoms with Gasteiger partial charge in [-0.1, -0.05) is 18.7 Å². The smallest absolute Gasteiger partial charge is 0.0594 e. The van der Waals surface area contributed by atoms with Crippen molar-refractivity contribution in [3.63, 3.8) is 0 Å². The molecule has 0 aliphatic carbocycles. The Labute approximate surface area is 75.0 Å². The van der Waals surface area contributed by atoms with Gasteiger partial charge < -0.3 is 4.98 Å². The Balaban J connectivity index is 3.12. The van der Waals surface area contributed by atoms with Crippen LogP contribution in [-0.4, -0.2) is 4.98 Å². The van der Waals surface area contributed by atoms with Crippen molar-refractivity contribution < 1.29 is 0 Å². The van der Waals surface area contributed by atoms with Crippen molar-refractivity contribution in [3.05, 3.63) is 36.2 Å². The zero-order valence-corrected chi connectivity index (χ0v) is 7.98. The van der Waals surface area contributed by atoms with Crippen LogP contribution in [0.5, 0.6) is 0 Å². The number of allylic oxidation sites excluding steroid dienone is 1. The standard InChI is InChI=1S/C9H10BrN/c1-3-7-5-6-11-9(7)8(10)4-2/h3-6,11H,1H2,2H3. The molecular formula is C9H10BrN. The van der Waals surface area contributed by atoms with Gasteiger partial charge in [0.15, 0.2) is 0 Å². The van der Waals surface area contributed by atoms with Gasteiger partial charge >= 0.3 is 0 Å². The van der Waals surface area contributed by atoms with E-state index in [9.17, 15) is 0 Å². The van der Waals surface area contributed by atoms with Crippen LogP contribution in [0, 0.1) is 0 Å². The average molecular weight is 212 g/mol. The number of aromatic amines is 1. The van der Waals surface area contributed by atoms with Crippen molar-refractivity contribution in [3.8, 4) is 0 Å². The molecule has 1 aromatic rings. The summed E-state index contributed by atoms with van der Waals surface area (Å²) in [5.74, 6) is 0. The molecule has 11 heavy (non-hydrogen) atoms. The Morgan fingerprint density at radius 3 is 3.00 bits per heavy atom. The van der Waals surface area contributed by atoms with Gasteiger partial charge in [0.1, 0.15) is 0 Å². The lowest BCUT2D eigenvalue weighted by atomic mass is 10.2. The predicted molar refractivity (Wildman–Crippen MR) is 53.5 cm³/mol. The molecule has 0 aliphatic rings. The van der Waals surface area contributed by atoms with Gasteiger partial charge in [-0.15, -0.1) is 0 Å². The Morgan fingerprint density at radius 1 is 1.73 bits per heavy atom. The Bertz CT molecular complexity index is 284. The first-order valence-corrected chi connectivity index (χ1v) is 4.21. The molecule has 58 valence electrons. The normalized spacial score (nSPS) is 11.6. The maximum absolute atomic E-state index is 3.71. The van der Waals surface area contributed by atoms with E-state index in [4.69, 9.17) is 0 Å². The van der Waals surface area contributed by atoms with Crippen LogP contribution in [-0.2, 0) is 0 Å². The zero-order chi connectivity index (χ0) is 8.27. The molecule has 0 saturated carbocycles. The molecule has 1 nitrogen and oxygen atoms in total. The second-order valence-corrected chi connectivity index (χ2v) is 3.00. The van der Waals surface area contributed by atoms with E-state index in [1.165, 1.54) is 0 Å².